The van der Waals surface area contributed by atoms with Gasteiger partial charge >= 0.3 is 0 Å². The maximum atomic E-state index is 10.5. The summed E-state index contributed by atoms with van der Waals surface area (Å²) >= 11 is 0. The van der Waals surface area contributed by atoms with Gasteiger partial charge in [-0.2, -0.15) is 0 Å². The predicted octanol–water partition coefficient (Wildman–Crippen LogP) is -0.142. The van der Waals surface area contributed by atoms with Crippen molar-refractivity contribution in [2.45, 2.75) is 12.8 Å². The van der Waals surface area contributed by atoms with E-state index in [0.717, 1.165) is 19.4 Å². The molecule has 0 saturated carbocycles. The van der Waals surface area contributed by atoms with Crippen molar-refractivity contribution in [3.05, 3.63) is 0 Å². The Morgan fingerprint density at radius 2 is 2.25 bits per heavy atom. The van der Waals surface area contributed by atoms with Crippen molar-refractivity contribution in [3.8, 4) is 0 Å². The van der Waals surface area contributed by atoms with E-state index in [1.54, 1.807) is 4.90 Å². The molecule has 1 fully saturated rings. The van der Waals surface area contributed by atoms with Crippen LogP contribution in [0.4, 0.5) is 0 Å². The van der Waals surface area contributed by atoms with E-state index in [1.807, 2.05) is 7.05 Å². The van der Waals surface area contributed by atoms with Crippen LogP contribution in [0.15, 0.2) is 0 Å². The van der Waals surface area contributed by atoms with Gasteiger partial charge in [-0.3, -0.25) is 4.79 Å². The monoisotopic (exact) mass is 187 g/mol. The fourth-order valence-corrected chi connectivity index (χ4v) is 0.783. The Morgan fingerprint density at radius 1 is 1.62 bits per heavy atom. The van der Waals surface area contributed by atoms with Crippen LogP contribution in [0.25, 0.3) is 0 Å². The summed E-state index contributed by atoms with van der Waals surface area (Å²) in [6, 6.07) is 0. The van der Waals surface area contributed by atoms with Crippen LogP contribution in [0.2, 0.25) is 0 Å². The quantitative estimate of drug-likeness (QED) is 0.483. The molecule has 1 aliphatic rings. The summed E-state index contributed by atoms with van der Waals surface area (Å²) in [5.41, 5.74) is 0. The Balaban J connectivity index is 0.000000490. The summed E-state index contributed by atoms with van der Waals surface area (Å²) in [5, 5.41) is 0. The van der Waals surface area contributed by atoms with Crippen molar-refractivity contribution in [3.63, 3.8) is 0 Å². The second kappa shape index (κ2) is 3.88. The molecule has 0 bridgehead atoms. The van der Waals surface area contributed by atoms with Crippen molar-refractivity contribution in [2.24, 2.45) is 0 Å². The summed E-state index contributed by atoms with van der Waals surface area (Å²) in [5.74, 6) is 0.292. The van der Waals surface area contributed by atoms with E-state index in [1.165, 1.54) is 0 Å². The molecule has 42 valence electrons. The van der Waals surface area contributed by atoms with Gasteiger partial charge < -0.3 is 4.90 Å². The third-order valence-electron chi connectivity index (χ3n) is 1.31. The molecule has 0 aromatic heterocycles. The number of likely N-dealkylation sites (tertiary alicyclic amines) is 1. The second-order valence-corrected chi connectivity index (χ2v) is 1.92. The Bertz CT molecular complexity index is 94.4. The third kappa shape index (κ3) is 2.05. The Hall–Kier alpha value is 0.951. The largest absolute Gasteiger partial charge is 0.346 e. The van der Waals surface area contributed by atoms with Crippen molar-refractivity contribution in [2.75, 3.05) is 13.6 Å². The first-order valence-corrected chi connectivity index (χ1v) is 2.54. The molecule has 0 aromatic carbocycles. The molecule has 1 saturated heterocycles. The molecular weight excluding hydrogens is 178 g/mol. The van der Waals surface area contributed by atoms with E-state index in [-0.39, 0.29) is 45.5 Å². The van der Waals surface area contributed by atoms with Crippen LogP contribution in [0.5, 0.6) is 0 Å². The van der Waals surface area contributed by atoms with Gasteiger partial charge in [0.05, 0.1) is 0 Å². The molecule has 0 aromatic rings. The fourth-order valence-electron chi connectivity index (χ4n) is 0.783. The zero-order valence-electron chi connectivity index (χ0n) is 5.18. The van der Waals surface area contributed by atoms with Gasteiger partial charge in [0.15, 0.2) is 0 Å². The molecule has 0 N–H and O–H groups in total. The van der Waals surface area contributed by atoms with Crippen molar-refractivity contribution in [1.82, 2.24) is 4.90 Å². The molecule has 1 rings (SSSR count). The van der Waals surface area contributed by atoms with Gasteiger partial charge in [-0.25, -0.2) is 0 Å². The smallest absolute Gasteiger partial charge is 0.222 e. The Labute approximate surface area is 86.5 Å². The van der Waals surface area contributed by atoms with Crippen LogP contribution in [-0.4, -0.2) is 69.9 Å². The van der Waals surface area contributed by atoms with Crippen LogP contribution in [0.3, 0.4) is 0 Å². The number of hydrogen-bond donors (Lipinski definition) is 0. The average molecular weight is 187 g/mol. The minimum atomic E-state index is 0. The number of carbonyl (C=O) groups excluding carboxylic acids is 1. The molecule has 3 heteroatoms. The standard InChI is InChI=1S/C5H9NO.Sr/c1-6-4-2-3-5(6)7;/h2-4H2,1H3;. The zero-order valence-corrected chi connectivity index (χ0v) is 8.66. The van der Waals surface area contributed by atoms with Gasteiger partial charge in [0, 0.05) is 65.5 Å². The van der Waals surface area contributed by atoms with Crippen LogP contribution in [0.1, 0.15) is 12.8 Å². The Morgan fingerprint density at radius 3 is 2.38 bits per heavy atom. The van der Waals surface area contributed by atoms with Gasteiger partial charge in [0.2, 0.25) is 5.91 Å². The summed E-state index contributed by atoms with van der Waals surface area (Å²) in [4.78, 5) is 12.3. The van der Waals surface area contributed by atoms with E-state index in [2.05, 4.69) is 0 Å². The minimum absolute atomic E-state index is 0. The van der Waals surface area contributed by atoms with Gasteiger partial charge in [-0.05, 0) is 6.42 Å². The van der Waals surface area contributed by atoms with E-state index in [0.29, 0.717) is 5.91 Å². The molecule has 1 heterocycles. The number of amides is 1. The van der Waals surface area contributed by atoms with Gasteiger partial charge in [0.25, 0.3) is 0 Å². The third-order valence-corrected chi connectivity index (χ3v) is 1.31. The predicted molar refractivity (Wildman–Crippen MR) is 32.6 cm³/mol. The van der Waals surface area contributed by atoms with Crippen LogP contribution >= 0.6 is 0 Å². The summed E-state index contributed by atoms with van der Waals surface area (Å²) in [6.45, 7) is 0.957. The summed E-state index contributed by atoms with van der Waals surface area (Å²) < 4.78 is 0. The van der Waals surface area contributed by atoms with Gasteiger partial charge in [-0.15, -0.1) is 0 Å². The maximum absolute atomic E-state index is 10.5. The number of hydrogen-bond acceptors (Lipinski definition) is 1. The van der Waals surface area contributed by atoms with Crippen LogP contribution < -0.4 is 0 Å². The second-order valence-electron chi connectivity index (χ2n) is 1.92. The van der Waals surface area contributed by atoms with E-state index in [9.17, 15) is 4.79 Å². The zero-order chi connectivity index (χ0) is 5.28. The molecular formula is C5H9NOSr. The first-order valence-electron chi connectivity index (χ1n) is 2.54. The minimum Gasteiger partial charge on any atom is -0.346 e. The van der Waals surface area contributed by atoms with Gasteiger partial charge in [-0.1, -0.05) is 0 Å². The summed E-state index contributed by atoms with van der Waals surface area (Å²) in [7, 11) is 1.84. The molecule has 0 atom stereocenters. The van der Waals surface area contributed by atoms with Crippen LogP contribution in [-0.2, 0) is 4.79 Å². The number of carbonyl (C=O) groups is 1. The summed E-state index contributed by atoms with van der Waals surface area (Å²) in [6.07, 6.45) is 1.81. The first kappa shape index (κ1) is 8.95. The fraction of sp³-hybridized carbons (Fsp3) is 0.800. The van der Waals surface area contributed by atoms with E-state index >= 15 is 0 Å². The van der Waals surface area contributed by atoms with Gasteiger partial charge in [0.1, 0.15) is 0 Å². The molecule has 8 heavy (non-hydrogen) atoms. The molecule has 0 spiro atoms. The molecule has 2 nitrogen and oxygen atoms in total. The molecule has 0 unspecified atom stereocenters. The topological polar surface area (TPSA) is 20.3 Å². The Kier molecular flexibility index (Phi) is 4.34. The SMILES string of the molecule is CN1CCCC1=O.[Sr]. The average Bonchev–Trinajstić information content (AvgIpc) is 1.91. The van der Waals surface area contributed by atoms with E-state index < -0.39 is 0 Å². The molecule has 0 aliphatic carbocycles. The molecule has 1 amide bonds. The normalized spacial score (nSPS) is 18.6. The van der Waals surface area contributed by atoms with Crippen LogP contribution in [0, 0.1) is 0 Å². The molecule has 2 radical (unpaired) electrons. The number of nitrogens with zero attached hydrogens (tertiary/aromatic N) is 1. The van der Waals surface area contributed by atoms with E-state index in [4.69, 9.17) is 0 Å². The molecule has 1 aliphatic heterocycles. The van der Waals surface area contributed by atoms with Crippen molar-refractivity contribution in [1.29, 1.82) is 0 Å². The van der Waals surface area contributed by atoms with Crippen molar-refractivity contribution >= 4 is 51.4 Å². The first-order chi connectivity index (χ1) is 3.30. The number of rotatable bonds is 0. The van der Waals surface area contributed by atoms with Crippen molar-refractivity contribution < 1.29 is 4.79 Å². The maximum Gasteiger partial charge on any atom is 0.222 e.